The first-order valence-corrected chi connectivity index (χ1v) is 7.81. The fourth-order valence-electron chi connectivity index (χ4n) is 1.89. The number of pyridine rings is 1. The monoisotopic (exact) mass is 322 g/mol. The average molecular weight is 322 g/mol. The molecule has 6 nitrogen and oxygen atoms in total. The van der Waals surface area contributed by atoms with Crippen molar-refractivity contribution in [1.82, 2.24) is 19.9 Å². The Morgan fingerprint density at radius 3 is 2.83 bits per heavy atom. The first-order chi connectivity index (χ1) is 11.2. The van der Waals surface area contributed by atoms with Gasteiger partial charge in [-0.3, -0.25) is 4.98 Å². The molecule has 23 heavy (non-hydrogen) atoms. The minimum Gasteiger partial charge on any atom is -0.301 e. The molecule has 0 saturated carbocycles. The normalized spacial score (nSPS) is 11.0. The lowest BCUT2D eigenvalue weighted by Crippen LogP contribution is -2.04. The SMILES string of the molecule is Cc1nc(-c2cccnc2)sc1N=CCC(=N)c1ncccn1. The van der Waals surface area contributed by atoms with Gasteiger partial charge in [0.25, 0.3) is 0 Å². The Balaban J connectivity index is 1.71. The molecule has 3 heterocycles. The van der Waals surface area contributed by atoms with Gasteiger partial charge in [0.2, 0.25) is 0 Å². The van der Waals surface area contributed by atoms with Gasteiger partial charge in [-0.2, -0.15) is 0 Å². The van der Waals surface area contributed by atoms with Crippen LogP contribution in [-0.4, -0.2) is 31.9 Å². The Hall–Kier alpha value is -2.80. The zero-order chi connectivity index (χ0) is 16.1. The van der Waals surface area contributed by atoms with Gasteiger partial charge in [-0.05, 0) is 25.1 Å². The van der Waals surface area contributed by atoms with Crippen LogP contribution < -0.4 is 0 Å². The third kappa shape index (κ3) is 3.70. The summed E-state index contributed by atoms with van der Waals surface area (Å²) in [7, 11) is 0. The molecular formula is C16H14N6S. The molecule has 0 bridgehead atoms. The smallest absolute Gasteiger partial charge is 0.173 e. The molecule has 0 aromatic carbocycles. The molecule has 0 fully saturated rings. The number of nitrogens with zero attached hydrogens (tertiary/aromatic N) is 5. The second-order valence-electron chi connectivity index (χ2n) is 4.72. The molecule has 0 spiro atoms. The van der Waals surface area contributed by atoms with Gasteiger partial charge in [-0.1, -0.05) is 11.3 Å². The molecule has 0 saturated heterocycles. The molecule has 0 aliphatic heterocycles. The molecule has 3 aromatic heterocycles. The number of aryl methyl sites for hydroxylation is 1. The average Bonchev–Trinajstić information content (AvgIpc) is 2.97. The summed E-state index contributed by atoms with van der Waals surface area (Å²) >= 11 is 1.51. The minimum atomic E-state index is 0.337. The zero-order valence-corrected chi connectivity index (χ0v) is 13.3. The molecule has 0 radical (unpaired) electrons. The van der Waals surface area contributed by atoms with Gasteiger partial charge < -0.3 is 5.41 Å². The van der Waals surface area contributed by atoms with E-state index in [-0.39, 0.29) is 0 Å². The lowest BCUT2D eigenvalue weighted by molar-refractivity contribution is 1.11. The van der Waals surface area contributed by atoms with Crippen LogP contribution in [0.1, 0.15) is 17.9 Å². The summed E-state index contributed by atoms with van der Waals surface area (Å²) in [5.74, 6) is 0.427. The fourth-order valence-corrected chi connectivity index (χ4v) is 2.81. The second-order valence-corrected chi connectivity index (χ2v) is 5.70. The molecule has 0 aliphatic carbocycles. The topological polar surface area (TPSA) is 87.8 Å². The van der Waals surface area contributed by atoms with Gasteiger partial charge in [0.1, 0.15) is 10.0 Å². The third-order valence-corrected chi connectivity index (χ3v) is 4.13. The quantitative estimate of drug-likeness (QED) is 0.729. The van der Waals surface area contributed by atoms with Gasteiger partial charge in [-0.15, -0.1) is 0 Å². The van der Waals surface area contributed by atoms with Crippen LogP contribution in [0.5, 0.6) is 0 Å². The molecule has 0 unspecified atom stereocenters. The molecular weight excluding hydrogens is 308 g/mol. The van der Waals surface area contributed by atoms with Crippen molar-refractivity contribution in [2.75, 3.05) is 0 Å². The van der Waals surface area contributed by atoms with Crippen molar-refractivity contribution < 1.29 is 0 Å². The van der Waals surface area contributed by atoms with E-state index in [4.69, 9.17) is 5.41 Å². The van der Waals surface area contributed by atoms with Crippen LogP contribution in [0.25, 0.3) is 10.6 Å². The van der Waals surface area contributed by atoms with E-state index < -0.39 is 0 Å². The highest BCUT2D eigenvalue weighted by Crippen LogP contribution is 2.33. The van der Waals surface area contributed by atoms with Gasteiger partial charge in [-0.25, -0.2) is 19.9 Å². The van der Waals surface area contributed by atoms with E-state index in [1.807, 2.05) is 19.1 Å². The van der Waals surface area contributed by atoms with Crippen LogP contribution in [0.3, 0.4) is 0 Å². The van der Waals surface area contributed by atoms with Crippen LogP contribution >= 0.6 is 11.3 Å². The van der Waals surface area contributed by atoms with E-state index in [2.05, 4.69) is 24.9 Å². The number of hydrogen-bond donors (Lipinski definition) is 1. The van der Waals surface area contributed by atoms with Crippen molar-refractivity contribution in [2.45, 2.75) is 13.3 Å². The van der Waals surface area contributed by atoms with Crippen LogP contribution in [0.4, 0.5) is 5.00 Å². The molecule has 0 aliphatic rings. The fraction of sp³-hybridized carbons (Fsp3) is 0.125. The molecule has 0 atom stereocenters. The number of nitrogens with one attached hydrogen (secondary N) is 1. The number of aliphatic imine (C=N–C) groups is 1. The molecule has 3 rings (SSSR count). The van der Waals surface area contributed by atoms with Crippen molar-refractivity contribution in [1.29, 1.82) is 5.41 Å². The molecule has 3 aromatic rings. The summed E-state index contributed by atoms with van der Waals surface area (Å²) in [5.41, 5.74) is 2.18. The van der Waals surface area contributed by atoms with Crippen LogP contribution in [0.15, 0.2) is 48.0 Å². The highest BCUT2D eigenvalue weighted by Gasteiger charge is 2.08. The Bertz CT molecular complexity index is 826. The predicted molar refractivity (Wildman–Crippen MR) is 91.7 cm³/mol. The van der Waals surface area contributed by atoms with E-state index in [0.717, 1.165) is 21.3 Å². The lowest BCUT2D eigenvalue weighted by atomic mass is 10.2. The van der Waals surface area contributed by atoms with E-state index in [1.54, 1.807) is 37.1 Å². The van der Waals surface area contributed by atoms with Crippen molar-refractivity contribution in [3.63, 3.8) is 0 Å². The number of thiazole rings is 1. The Labute approximate surface area is 137 Å². The summed E-state index contributed by atoms with van der Waals surface area (Å²) in [6, 6.07) is 5.59. The van der Waals surface area contributed by atoms with E-state index in [0.29, 0.717) is 18.0 Å². The zero-order valence-electron chi connectivity index (χ0n) is 12.5. The maximum atomic E-state index is 7.95. The predicted octanol–water partition coefficient (Wildman–Crippen LogP) is 3.46. The van der Waals surface area contributed by atoms with Gasteiger partial charge >= 0.3 is 0 Å². The highest BCUT2D eigenvalue weighted by atomic mass is 32.1. The van der Waals surface area contributed by atoms with Crippen molar-refractivity contribution in [2.24, 2.45) is 4.99 Å². The van der Waals surface area contributed by atoms with Gasteiger partial charge in [0, 0.05) is 43.0 Å². The maximum Gasteiger partial charge on any atom is 0.173 e. The summed E-state index contributed by atoms with van der Waals surface area (Å²) < 4.78 is 0. The summed E-state index contributed by atoms with van der Waals surface area (Å²) in [6.45, 7) is 1.93. The van der Waals surface area contributed by atoms with E-state index in [1.165, 1.54) is 11.3 Å². The Morgan fingerprint density at radius 1 is 1.26 bits per heavy atom. The van der Waals surface area contributed by atoms with Gasteiger partial charge in [0.05, 0.1) is 11.4 Å². The van der Waals surface area contributed by atoms with Crippen molar-refractivity contribution in [3.05, 3.63) is 54.5 Å². The van der Waals surface area contributed by atoms with Crippen molar-refractivity contribution in [3.8, 4) is 10.6 Å². The van der Waals surface area contributed by atoms with Gasteiger partial charge in [0.15, 0.2) is 5.82 Å². The number of hydrogen-bond acceptors (Lipinski definition) is 7. The van der Waals surface area contributed by atoms with E-state index in [9.17, 15) is 0 Å². The summed E-state index contributed by atoms with van der Waals surface area (Å²) in [5, 5.41) is 9.68. The standard InChI is InChI=1S/C16H14N6S/c1-11-15(23-16(22-11)12-4-2-6-18-10-12)21-9-5-13(17)14-19-7-3-8-20-14/h2-4,6-10,17H,5H2,1H3. The number of aromatic nitrogens is 4. The molecule has 1 N–H and O–H groups in total. The first kappa shape index (κ1) is 15.1. The lowest BCUT2D eigenvalue weighted by Gasteiger charge is -1.96. The Kier molecular flexibility index (Phi) is 4.58. The van der Waals surface area contributed by atoms with Crippen LogP contribution in [-0.2, 0) is 0 Å². The molecule has 114 valence electrons. The van der Waals surface area contributed by atoms with Crippen LogP contribution in [0.2, 0.25) is 0 Å². The second kappa shape index (κ2) is 6.97. The molecule has 7 heteroatoms. The van der Waals surface area contributed by atoms with Crippen molar-refractivity contribution >= 4 is 28.3 Å². The summed E-state index contributed by atoms with van der Waals surface area (Å²) in [4.78, 5) is 21.2. The van der Waals surface area contributed by atoms with E-state index >= 15 is 0 Å². The Morgan fingerprint density at radius 2 is 2.09 bits per heavy atom. The highest BCUT2D eigenvalue weighted by molar-refractivity contribution is 7.18. The summed E-state index contributed by atoms with van der Waals surface area (Å²) in [6.07, 6.45) is 8.85. The third-order valence-electron chi connectivity index (χ3n) is 3.02. The number of rotatable bonds is 5. The largest absolute Gasteiger partial charge is 0.301 e. The minimum absolute atomic E-state index is 0.337. The first-order valence-electron chi connectivity index (χ1n) is 6.99. The van der Waals surface area contributed by atoms with Crippen LogP contribution in [0, 0.1) is 12.3 Å². The molecule has 0 amide bonds. The maximum absolute atomic E-state index is 7.95.